The van der Waals surface area contributed by atoms with Gasteiger partial charge in [-0.1, -0.05) is 0 Å². The van der Waals surface area contributed by atoms with Crippen molar-refractivity contribution >= 4 is 5.97 Å². The SMILES string of the molecule is COc1cc(O)c2c3c1C[C@@H]1[C@@H]4CC[C@@H](NCCCC(=O)OC(C)(C)C)[C@H](O2)[C@]34CCN1C. The summed E-state index contributed by atoms with van der Waals surface area (Å²) in [6.07, 6.45) is 5.27. The fraction of sp³-hybridized carbons (Fsp3) is 0.731. The van der Waals surface area contributed by atoms with Crippen molar-refractivity contribution in [1.82, 2.24) is 10.2 Å². The van der Waals surface area contributed by atoms with Gasteiger partial charge in [0.1, 0.15) is 17.5 Å². The Morgan fingerprint density at radius 2 is 2.15 bits per heavy atom. The number of methoxy groups -OCH3 is 1. The molecule has 1 saturated carbocycles. The van der Waals surface area contributed by atoms with E-state index in [1.165, 1.54) is 11.1 Å². The van der Waals surface area contributed by atoms with Crippen molar-refractivity contribution in [2.45, 2.75) is 88.5 Å². The number of rotatable bonds is 6. The molecule has 2 heterocycles. The molecule has 2 N–H and O–H groups in total. The number of phenolic OH excluding ortho intramolecular Hbond substituents is 1. The Kier molecular flexibility index (Phi) is 5.56. The monoisotopic (exact) mass is 458 g/mol. The number of piperidine rings is 1. The van der Waals surface area contributed by atoms with Crippen LogP contribution < -0.4 is 14.8 Å². The van der Waals surface area contributed by atoms with Gasteiger partial charge in [-0.15, -0.1) is 0 Å². The van der Waals surface area contributed by atoms with Crippen LogP contribution in [0.4, 0.5) is 0 Å². The number of likely N-dealkylation sites (tertiary alicyclic amines) is 1. The summed E-state index contributed by atoms with van der Waals surface area (Å²) in [7, 11) is 3.92. The van der Waals surface area contributed by atoms with E-state index in [4.69, 9.17) is 14.2 Å². The van der Waals surface area contributed by atoms with Crippen LogP contribution in [0.1, 0.15) is 64.0 Å². The minimum absolute atomic E-state index is 0.0129. The molecule has 0 unspecified atom stereocenters. The number of esters is 1. The van der Waals surface area contributed by atoms with Crippen molar-refractivity contribution < 1.29 is 24.1 Å². The van der Waals surface area contributed by atoms with Crippen LogP contribution in [0.25, 0.3) is 0 Å². The van der Waals surface area contributed by atoms with Gasteiger partial charge in [-0.3, -0.25) is 4.79 Å². The number of carbonyl (C=O) groups is 1. The minimum Gasteiger partial charge on any atom is -0.504 e. The number of nitrogens with one attached hydrogen (secondary N) is 1. The van der Waals surface area contributed by atoms with Gasteiger partial charge >= 0.3 is 5.97 Å². The lowest BCUT2D eigenvalue weighted by Gasteiger charge is -2.59. The minimum atomic E-state index is -0.446. The Morgan fingerprint density at radius 1 is 1.36 bits per heavy atom. The lowest BCUT2D eigenvalue weighted by Crippen LogP contribution is -2.68. The third-order valence-electron chi connectivity index (χ3n) is 8.29. The van der Waals surface area contributed by atoms with Crippen LogP contribution in [0.2, 0.25) is 0 Å². The van der Waals surface area contributed by atoms with Crippen LogP contribution in [0.3, 0.4) is 0 Å². The first kappa shape index (κ1) is 22.8. The highest BCUT2D eigenvalue weighted by Gasteiger charge is 2.65. The molecule has 182 valence electrons. The number of hydrogen-bond acceptors (Lipinski definition) is 7. The Morgan fingerprint density at radius 3 is 2.88 bits per heavy atom. The van der Waals surface area contributed by atoms with Crippen LogP contribution >= 0.6 is 0 Å². The van der Waals surface area contributed by atoms with Crippen molar-refractivity contribution in [2.24, 2.45) is 5.92 Å². The first-order valence-electron chi connectivity index (χ1n) is 12.4. The molecule has 1 spiro atoms. The molecule has 2 aliphatic carbocycles. The zero-order valence-corrected chi connectivity index (χ0v) is 20.6. The number of hydrogen-bond donors (Lipinski definition) is 2. The van der Waals surface area contributed by atoms with E-state index in [0.29, 0.717) is 24.1 Å². The number of nitrogens with zero attached hydrogens (tertiary/aromatic N) is 1. The molecule has 4 aliphatic rings. The van der Waals surface area contributed by atoms with Gasteiger partial charge in [0.15, 0.2) is 11.5 Å². The highest BCUT2D eigenvalue weighted by Crippen LogP contribution is 2.65. The van der Waals surface area contributed by atoms with Gasteiger partial charge < -0.3 is 29.5 Å². The Labute approximate surface area is 196 Å². The van der Waals surface area contributed by atoms with Crippen LogP contribution in [-0.2, 0) is 21.4 Å². The van der Waals surface area contributed by atoms with Gasteiger partial charge in [-0.2, -0.15) is 0 Å². The van der Waals surface area contributed by atoms with Gasteiger partial charge in [-0.05, 0) is 78.9 Å². The lowest BCUT2D eigenvalue weighted by atomic mass is 9.51. The summed E-state index contributed by atoms with van der Waals surface area (Å²) in [6, 6.07) is 2.38. The molecule has 1 aromatic carbocycles. The summed E-state index contributed by atoms with van der Waals surface area (Å²) in [5, 5.41) is 14.5. The van der Waals surface area contributed by atoms with E-state index in [1.807, 2.05) is 20.8 Å². The van der Waals surface area contributed by atoms with Gasteiger partial charge in [-0.25, -0.2) is 0 Å². The average molecular weight is 459 g/mol. The number of phenols is 1. The molecule has 33 heavy (non-hydrogen) atoms. The van der Waals surface area contributed by atoms with E-state index in [9.17, 15) is 9.90 Å². The molecular weight excluding hydrogens is 420 g/mol. The predicted octanol–water partition coefficient (Wildman–Crippen LogP) is 3.15. The molecule has 2 aliphatic heterocycles. The van der Waals surface area contributed by atoms with Crippen molar-refractivity contribution in [3.05, 3.63) is 17.2 Å². The topological polar surface area (TPSA) is 80.3 Å². The van der Waals surface area contributed by atoms with E-state index < -0.39 is 5.60 Å². The number of ether oxygens (including phenoxy) is 3. The third-order valence-corrected chi connectivity index (χ3v) is 8.29. The van der Waals surface area contributed by atoms with Gasteiger partial charge in [0.25, 0.3) is 0 Å². The second-order valence-electron chi connectivity index (χ2n) is 11.3. The quantitative estimate of drug-likeness (QED) is 0.501. The summed E-state index contributed by atoms with van der Waals surface area (Å²) in [6.45, 7) is 7.46. The average Bonchev–Trinajstić information content (AvgIpc) is 3.09. The van der Waals surface area contributed by atoms with E-state index in [-0.39, 0.29) is 29.3 Å². The largest absolute Gasteiger partial charge is 0.504 e. The van der Waals surface area contributed by atoms with Gasteiger partial charge in [0, 0.05) is 41.1 Å². The van der Waals surface area contributed by atoms with Crippen LogP contribution in [0.15, 0.2) is 6.07 Å². The first-order valence-corrected chi connectivity index (χ1v) is 12.4. The molecule has 0 aromatic heterocycles. The van der Waals surface area contributed by atoms with Crippen molar-refractivity contribution in [2.75, 3.05) is 27.2 Å². The van der Waals surface area contributed by atoms with Crippen LogP contribution in [0, 0.1) is 5.92 Å². The molecule has 5 atom stereocenters. The fourth-order valence-electron chi connectivity index (χ4n) is 7.09. The second kappa shape index (κ2) is 8.05. The summed E-state index contributed by atoms with van der Waals surface area (Å²) < 4.78 is 17.8. The van der Waals surface area contributed by atoms with Gasteiger partial charge in [0.2, 0.25) is 0 Å². The normalized spacial score (nSPS) is 32.2. The maximum absolute atomic E-state index is 12.1. The summed E-state index contributed by atoms with van der Waals surface area (Å²) in [5.41, 5.74) is 1.88. The lowest BCUT2D eigenvalue weighted by molar-refractivity contribution is -0.154. The summed E-state index contributed by atoms with van der Waals surface area (Å²) in [5.74, 6) is 2.01. The second-order valence-corrected chi connectivity index (χ2v) is 11.3. The molecule has 1 saturated heterocycles. The molecule has 0 amide bonds. The number of carbonyl (C=O) groups excluding carboxylic acids is 1. The molecule has 5 rings (SSSR count). The Bertz CT molecular complexity index is 942. The van der Waals surface area contributed by atoms with E-state index >= 15 is 0 Å². The molecule has 2 fully saturated rings. The fourth-order valence-corrected chi connectivity index (χ4v) is 7.09. The van der Waals surface area contributed by atoms with Gasteiger partial charge in [0.05, 0.1) is 7.11 Å². The zero-order valence-electron chi connectivity index (χ0n) is 20.6. The molecule has 7 heteroatoms. The standard InChI is InChI=1S/C26H38N2O5/c1-25(2,3)33-21(30)7-6-11-27-17-9-8-16-18-13-15-20(31-5)14-19(29)23-22(15)26(16,24(17)32-23)10-12-28(18)4/h14,16-18,24,27,29H,6-13H2,1-5H3/t16-,17+,18+,24-,26-/m0/s1. The van der Waals surface area contributed by atoms with Crippen molar-refractivity contribution in [3.63, 3.8) is 0 Å². The van der Waals surface area contributed by atoms with Crippen molar-refractivity contribution in [3.8, 4) is 17.2 Å². The first-order chi connectivity index (χ1) is 15.7. The summed E-state index contributed by atoms with van der Waals surface area (Å²) in [4.78, 5) is 14.6. The van der Waals surface area contributed by atoms with Crippen molar-refractivity contribution in [1.29, 1.82) is 0 Å². The Hall–Kier alpha value is -1.99. The highest BCUT2D eigenvalue weighted by atomic mass is 16.6. The third kappa shape index (κ3) is 3.59. The predicted molar refractivity (Wildman–Crippen MR) is 125 cm³/mol. The molecule has 2 bridgehead atoms. The molecule has 0 radical (unpaired) electrons. The smallest absolute Gasteiger partial charge is 0.306 e. The molecule has 7 nitrogen and oxygen atoms in total. The molecular formula is C26H38N2O5. The van der Waals surface area contributed by atoms with Crippen LogP contribution in [0.5, 0.6) is 17.2 Å². The van der Waals surface area contributed by atoms with E-state index in [0.717, 1.165) is 50.9 Å². The summed E-state index contributed by atoms with van der Waals surface area (Å²) >= 11 is 0. The highest BCUT2D eigenvalue weighted by molar-refractivity contribution is 5.69. The Balaban J connectivity index is 1.38. The number of aromatic hydroxyl groups is 1. The zero-order chi connectivity index (χ0) is 23.5. The number of benzene rings is 1. The van der Waals surface area contributed by atoms with E-state index in [2.05, 4.69) is 17.3 Å². The molecule has 1 aromatic rings. The van der Waals surface area contributed by atoms with E-state index in [1.54, 1.807) is 13.2 Å². The maximum Gasteiger partial charge on any atom is 0.306 e. The number of likely N-dealkylation sites (N-methyl/N-ethyl adjacent to an activating group) is 1. The maximum atomic E-state index is 12.1. The van der Waals surface area contributed by atoms with Crippen LogP contribution in [-0.4, -0.2) is 67.0 Å².